The summed E-state index contributed by atoms with van der Waals surface area (Å²) in [5, 5.41) is 3.60. The van der Waals surface area contributed by atoms with Crippen molar-refractivity contribution in [2.24, 2.45) is 0 Å². The average Bonchev–Trinajstić information content (AvgIpc) is 2.89. The van der Waals surface area contributed by atoms with Gasteiger partial charge in [-0.15, -0.1) is 0 Å². The molecule has 0 aromatic heterocycles. The van der Waals surface area contributed by atoms with Gasteiger partial charge >= 0.3 is 0 Å². The molecule has 19 heavy (non-hydrogen) atoms. The Kier molecular flexibility index (Phi) is 3.51. The molecule has 1 aliphatic rings. The first-order valence-electron chi connectivity index (χ1n) is 6.84. The number of benzene rings is 2. The molecular formula is C17H19NO. The molecule has 0 amide bonds. The van der Waals surface area contributed by atoms with Crippen molar-refractivity contribution in [1.29, 1.82) is 0 Å². The van der Waals surface area contributed by atoms with Crippen LogP contribution in [0.25, 0.3) is 0 Å². The quantitative estimate of drug-likeness (QED) is 0.900. The normalized spacial score (nSPS) is 18.7. The van der Waals surface area contributed by atoms with E-state index < -0.39 is 0 Å². The predicted octanol–water partition coefficient (Wildman–Crippen LogP) is 3.51. The average molecular weight is 253 g/mol. The molecule has 3 rings (SSSR count). The van der Waals surface area contributed by atoms with Gasteiger partial charge in [-0.25, -0.2) is 0 Å². The fourth-order valence-electron chi connectivity index (χ4n) is 2.58. The van der Waals surface area contributed by atoms with E-state index in [1.807, 2.05) is 6.07 Å². The summed E-state index contributed by atoms with van der Waals surface area (Å²) in [5.41, 5.74) is 2.66. The fraction of sp³-hybridized carbons (Fsp3) is 0.294. The molecule has 98 valence electrons. The van der Waals surface area contributed by atoms with Crippen molar-refractivity contribution in [2.75, 3.05) is 13.2 Å². The molecule has 2 aromatic rings. The summed E-state index contributed by atoms with van der Waals surface area (Å²) in [6.45, 7) is 3.94. The maximum absolute atomic E-state index is 5.71. The van der Waals surface area contributed by atoms with E-state index in [0.29, 0.717) is 12.0 Å². The zero-order valence-electron chi connectivity index (χ0n) is 11.2. The van der Waals surface area contributed by atoms with Crippen molar-refractivity contribution >= 4 is 0 Å². The number of fused-ring (bicyclic) bond motifs is 1. The lowest BCUT2D eigenvalue weighted by Gasteiger charge is -2.17. The predicted molar refractivity (Wildman–Crippen MR) is 77.5 cm³/mol. The molecule has 0 fully saturated rings. The van der Waals surface area contributed by atoms with E-state index in [0.717, 1.165) is 18.9 Å². The van der Waals surface area contributed by atoms with Crippen LogP contribution in [-0.4, -0.2) is 13.2 Å². The third kappa shape index (κ3) is 2.64. The van der Waals surface area contributed by atoms with Crippen molar-refractivity contribution in [2.45, 2.75) is 18.9 Å². The molecule has 0 radical (unpaired) electrons. The largest absolute Gasteiger partial charge is 0.493 e. The number of hydrogen-bond donors (Lipinski definition) is 1. The summed E-state index contributed by atoms with van der Waals surface area (Å²) < 4.78 is 5.71. The second-order valence-corrected chi connectivity index (χ2v) is 5.09. The van der Waals surface area contributed by atoms with Gasteiger partial charge < -0.3 is 10.1 Å². The van der Waals surface area contributed by atoms with Gasteiger partial charge in [-0.05, 0) is 18.6 Å². The molecule has 1 aliphatic heterocycles. The van der Waals surface area contributed by atoms with Crippen molar-refractivity contribution in [3.05, 3.63) is 65.7 Å². The zero-order chi connectivity index (χ0) is 13.1. The highest BCUT2D eigenvalue weighted by molar-refractivity contribution is 5.39. The molecule has 0 aliphatic carbocycles. The molecule has 0 saturated carbocycles. The number of hydrogen-bond acceptors (Lipinski definition) is 2. The van der Waals surface area contributed by atoms with Crippen LogP contribution >= 0.6 is 0 Å². The molecule has 0 spiro atoms. The minimum atomic E-state index is 0.369. The maximum Gasteiger partial charge on any atom is 0.122 e. The Morgan fingerprint density at radius 3 is 2.68 bits per heavy atom. The number of rotatable bonds is 4. The Hall–Kier alpha value is -1.80. The van der Waals surface area contributed by atoms with E-state index >= 15 is 0 Å². The van der Waals surface area contributed by atoms with Gasteiger partial charge in [0.2, 0.25) is 0 Å². The topological polar surface area (TPSA) is 21.3 Å². The van der Waals surface area contributed by atoms with Crippen molar-refractivity contribution in [3.63, 3.8) is 0 Å². The van der Waals surface area contributed by atoms with Crippen LogP contribution in [0, 0.1) is 0 Å². The van der Waals surface area contributed by atoms with E-state index in [1.54, 1.807) is 0 Å². The third-order valence-electron chi connectivity index (χ3n) is 3.77. The van der Waals surface area contributed by atoms with Crippen LogP contribution in [-0.2, 0) is 0 Å². The van der Waals surface area contributed by atoms with E-state index in [2.05, 4.69) is 60.8 Å². The van der Waals surface area contributed by atoms with Crippen LogP contribution in [0.1, 0.15) is 30.0 Å². The van der Waals surface area contributed by atoms with Crippen molar-refractivity contribution in [1.82, 2.24) is 5.32 Å². The van der Waals surface area contributed by atoms with E-state index in [4.69, 9.17) is 4.74 Å². The second-order valence-electron chi connectivity index (χ2n) is 5.09. The van der Waals surface area contributed by atoms with Gasteiger partial charge in [0, 0.05) is 24.1 Å². The molecule has 1 unspecified atom stereocenters. The SMILES string of the molecule is C[C@H](NCC1COc2ccccc21)c1ccccc1. The Morgan fingerprint density at radius 2 is 1.84 bits per heavy atom. The molecule has 0 bridgehead atoms. The van der Waals surface area contributed by atoms with Gasteiger partial charge in [0.25, 0.3) is 0 Å². The Balaban J connectivity index is 1.62. The maximum atomic E-state index is 5.71. The first kappa shape index (κ1) is 12.2. The Bertz CT molecular complexity index is 538. The lowest BCUT2D eigenvalue weighted by molar-refractivity contribution is 0.323. The highest BCUT2D eigenvalue weighted by atomic mass is 16.5. The summed E-state index contributed by atoms with van der Waals surface area (Å²) in [6, 6.07) is 19.3. The van der Waals surface area contributed by atoms with Crippen LogP contribution in [0.2, 0.25) is 0 Å². The lowest BCUT2D eigenvalue weighted by atomic mass is 10.0. The summed E-state index contributed by atoms with van der Waals surface area (Å²) in [5.74, 6) is 1.50. The molecule has 2 atom stereocenters. The number of ether oxygens (including phenoxy) is 1. The molecule has 2 aromatic carbocycles. The van der Waals surface area contributed by atoms with Crippen LogP contribution < -0.4 is 10.1 Å². The van der Waals surface area contributed by atoms with E-state index in [9.17, 15) is 0 Å². The first-order valence-corrected chi connectivity index (χ1v) is 6.84. The monoisotopic (exact) mass is 253 g/mol. The Labute approximate surface area is 114 Å². The third-order valence-corrected chi connectivity index (χ3v) is 3.77. The summed E-state index contributed by atoms with van der Waals surface area (Å²) >= 11 is 0. The Morgan fingerprint density at radius 1 is 1.11 bits per heavy atom. The van der Waals surface area contributed by atoms with Gasteiger partial charge in [-0.2, -0.15) is 0 Å². The fourth-order valence-corrected chi connectivity index (χ4v) is 2.58. The van der Waals surface area contributed by atoms with Crippen LogP contribution in [0.3, 0.4) is 0 Å². The molecule has 2 nitrogen and oxygen atoms in total. The summed E-state index contributed by atoms with van der Waals surface area (Å²) in [7, 11) is 0. The van der Waals surface area contributed by atoms with Crippen molar-refractivity contribution < 1.29 is 4.74 Å². The van der Waals surface area contributed by atoms with Crippen LogP contribution in [0.15, 0.2) is 54.6 Å². The van der Waals surface area contributed by atoms with Crippen LogP contribution in [0.5, 0.6) is 5.75 Å². The molecule has 0 saturated heterocycles. The summed E-state index contributed by atoms with van der Waals surface area (Å²) in [6.07, 6.45) is 0. The summed E-state index contributed by atoms with van der Waals surface area (Å²) in [4.78, 5) is 0. The van der Waals surface area contributed by atoms with Gasteiger partial charge in [0.05, 0.1) is 6.61 Å². The van der Waals surface area contributed by atoms with Gasteiger partial charge in [0.1, 0.15) is 5.75 Å². The highest BCUT2D eigenvalue weighted by Crippen LogP contribution is 2.33. The van der Waals surface area contributed by atoms with Crippen molar-refractivity contribution in [3.8, 4) is 5.75 Å². The zero-order valence-corrected chi connectivity index (χ0v) is 11.2. The minimum Gasteiger partial charge on any atom is -0.493 e. The van der Waals surface area contributed by atoms with E-state index in [-0.39, 0.29) is 0 Å². The standard InChI is InChI=1S/C17H19NO/c1-13(14-7-3-2-4-8-14)18-11-15-12-19-17-10-6-5-9-16(15)17/h2-10,13,15,18H,11-12H2,1H3/t13-,15?/m0/s1. The smallest absolute Gasteiger partial charge is 0.122 e. The first-order chi connectivity index (χ1) is 9.34. The van der Waals surface area contributed by atoms with Gasteiger partial charge in [0.15, 0.2) is 0 Å². The second kappa shape index (κ2) is 5.45. The molecular weight excluding hydrogens is 234 g/mol. The van der Waals surface area contributed by atoms with E-state index in [1.165, 1.54) is 11.1 Å². The lowest BCUT2D eigenvalue weighted by Crippen LogP contribution is -2.25. The van der Waals surface area contributed by atoms with Crippen LogP contribution in [0.4, 0.5) is 0 Å². The minimum absolute atomic E-state index is 0.369. The molecule has 1 N–H and O–H groups in total. The van der Waals surface area contributed by atoms with Gasteiger partial charge in [-0.1, -0.05) is 48.5 Å². The van der Waals surface area contributed by atoms with Gasteiger partial charge in [-0.3, -0.25) is 0 Å². The number of para-hydroxylation sites is 1. The molecule has 2 heteroatoms. The molecule has 1 heterocycles. The number of nitrogens with one attached hydrogen (secondary N) is 1. The highest BCUT2D eigenvalue weighted by Gasteiger charge is 2.23.